The fourth-order valence-corrected chi connectivity index (χ4v) is 4.37. The molecule has 8 nitrogen and oxygen atoms in total. The maximum atomic E-state index is 13.5. The molecule has 3 heterocycles. The topological polar surface area (TPSA) is 95.0 Å². The molecule has 5 rings (SSSR count). The fourth-order valence-electron chi connectivity index (χ4n) is 4.37. The third-order valence-corrected chi connectivity index (χ3v) is 5.97. The molecule has 5 aromatic rings. The molecule has 36 heavy (non-hydrogen) atoms. The highest BCUT2D eigenvalue weighted by Gasteiger charge is 2.21. The molecule has 8 heteroatoms. The Kier molecular flexibility index (Phi) is 5.93. The molecule has 0 N–H and O–H groups in total. The standard InChI is InChI=1S/C28H24N4O4/c1-4-36-28(35)22-16-21-24(29-23-14-7-8-15-31(23)27(21)34)32(17(2)3)25(22)30-26(33)20-13-9-11-18-10-5-6-12-19(18)20/h5-17H,4H2,1-3H3. The summed E-state index contributed by atoms with van der Waals surface area (Å²) in [6, 6.07) is 19.3. The quantitative estimate of drug-likeness (QED) is 0.282. The number of hydrogen-bond donors (Lipinski definition) is 0. The van der Waals surface area contributed by atoms with Crippen molar-refractivity contribution in [3.8, 4) is 0 Å². The molecule has 2 aromatic carbocycles. The van der Waals surface area contributed by atoms with E-state index in [2.05, 4.69) is 4.99 Å². The van der Waals surface area contributed by atoms with Gasteiger partial charge >= 0.3 is 5.97 Å². The van der Waals surface area contributed by atoms with Crippen LogP contribution in [0.15, 0.2) is 82.7 Å². The first-order chi connectivity index (χ1) is 17.4. The van der Waals surface area contributed by atoms with Gasteiger partial charge in [-0.2, -0.15) is 4.99 Å². The molecule has 0 aliphatic carbocycles. The highest BCUT2D eigenvalue weighted by Crippen LogP contribution is 2.20. The molecule has 0 saturated heterocycles. The Morgan fingerprint density at radius 2 is 1.72 bits per heavy atom. The number of nitrogens with zero attached hydrogens (tertiary/aromatic N) is 4. The van der Waals surface area contributed by atoms with Gasteiger partial charge in [0.05, 0.1) is 12.0 Å². The van der Waals surface area contributed by atoms with Crippen molar-refractivity contribution in [2.45, 2.75) is 26.8 Å². The van der Waals surface area contributed by atoms with Gasteiger partial charge in [0.2, 0.25) is 0 Å². The zero-order chi connectivity index (χ0) is 25.4. The maximum Gasteiger partial charge on any atom is 0.341 e. The minimum atomic E-state index is -0.671. The van der Waals surface area contributed by atoms with Crippen LogP contribution in [0.3, 0.4) is 0 Å². The predicted molar refractivity (Wildman–Crippen MR) is 137 cm³/mol. The third kappa shape index (κ3) is 3.86. The van der Waals surface area contributed by atoms with Gasteiger partial charge in [0, 0.05) is 17.8 Å². The van der Waals surface area contributed by atoms with E-state index in [1.54, 1.807) is 48.0 Å². The molecule has 180 valence electrons. The van der Waals surface area contributed by atoms with E-state index in [0.717, 1.165) is 10.8 Å². The van der Waals surface area contributed by atoms with Crippen LogP contribution in [-0.2, 0) is 4.74 Å². The highest BCUT2D eigenvalue weighted by atomic mass is 16.5. The minimum absolute atomic E-state index is 0.0291. The Bertz CT molecular complexity index is 1790. The molecular formula is C28H24N4O4. The van der Waals surface area contributed by atoms with Gasteiger partial charge in [-0.05, 0) is 55.8 Å². The summed E-state index contributed by atoms with van der Waals surface area (Å²) in [5.74, 6) is -1.18. The number of carbonyl (C=O) groups excluding carboxylic acids is 2. The SMILES string of the molecule is CCOC(=O)c1cc2c(=O)n3ccccc3nc2n(C(C)C)c1=NC(=O)c1cccc2ccccc12. The van der Waals surface area contributed by atoms with Crippen molar-refractivity contribution in [2.75, 3.05) is 6.61 Å². The lowest BCUT2D eigenvalue weighted by atomic mass is 10.0. The second-order valence-corrected chi connectivity index (χ2v) is 8.59. The highest BCUT2D eigenvalue weighted by molar-refractivity contribution is 6.07. The summed E-state index contributed by atoms with van der Waals surface area (Å²) in [4.78, 5) is 49.1. The Balaban J connectivity index is 1.89. The molecule has 0 saturated carbocycles. The third-order valence-electron chi connectivity index (χ3n) is 5.97. The smallest absolute Gasteiger partial charge is 0.341 e. The van der Waals surface area contributed by atoms with E-state index in [1.807, 2.05) is 44.2 Å². The second-order valence-electron chi connectivity index (χ2n) is 8.59. The number of pyridine rings is 2. The summed E-state index contributed by atoms with van der Waals surface area (Å²) in [6.45, 7) is 5.58. The summed E-state index contributed by atoms with van der Waals surface area (Å²) >= 11 is 0. The number of benzene rings is 2. The Labute approximate surface area is 206 Å². The van der Waals surface area contributed by atoms with E-state index < -0.39 is 11.9 Å². The van der Waals surface area contributed by atoms with Crippen molar-refractivity contribution in [1.82, 2.24) is 14.0 Å². The molecular weight excluding hydrogens is 456 g/mol. The van der Waals surface area contributed by atoms with Gasteiger partial charge in [-0.15, -0.1) is 0 Å². The van der Waals surface area contributed by atoms with E-state index in [0.29, 0.717) is 16.9 Å². The summed E-state index contributed by atoms with van der Waals surface area (Å²) in [5.41, 5.74) is 0.980. The van der Waals surface area contributed by atoms with E-state index >= 15 is 0 Å². The molecule has 0 unspecified atom stereocenters. The van der Waals surface area contributed by atoms with Crippen molar-refractivity contribution in [2.24, 2.45) is 4.99 Å². The number of rotatable bonds is 4. The van der Waals surface area contributed by atoms with E-state index in [1.165, 1.54) is 10.5 Å². The fraction of sp³-hybridized carbons (Fsp3) is 0.179. The summed E-state index contributed by atoms with van der Waals surface area (Å²) in [5, 5.41) is 1.89. The predicted octanol–water partition coefficient (Wildman–Crippen LogP) is 4.30. The molecule has 0 bridgehead atoms. The molecule has 0 aliphatic rings. The number of amides is 1. The van der Waals surface area contributed by atoms with E-state index in [4.69, 9.17) is 9.72 Å². The molecule has 0 fully saturated rings. The van der Waals surface area contributed by atoms with Gasteiger partial charge in [-0.3, -0.25) is 14.0 Å². The van der Waals surface area contributed by atoms with Crippen LogP contribution in [0.25, 0.3) is 27.5 Å². The average molecular weight is 481 g/mol. The number of fused-ring (bicyclic) bond motifs is 3. The van der Waals surface area contributed by atoms with Gasteiger partial charge in [0.1, 0.15) is 16.9 Å². The molecule has 0 atom stereocenters. The van der Waals surface area contributed by atoms with Crippen LogP contribution in [0.2, 0.25) is 0 Å². The Morgan fingerprint density at radius 3 is 2.50 bits per heavy atom. The van der Waals surface area contributed by atoms with Gasteiger partial charge in [0.15, 0.2) is 5.49 Å². The van der Waals surface area contributed by atoms with Crippen LogP contribution in [0.1, 0.15) is 47.5 Å². The largest absolute Gasteiger partial charge is 0.462 e. The molecule has 1 amide bonds. The van der Waals surface area contributed by atoms with Gasteiger partial charge < -0.3 is 9.30 Å². The first-order valence-electron chi connectivity index (χ1n) is 11.7. The number of hydrogen-bond acceptors (Lipinski definition) is 5. The lowest BCUT2D eigenvalue weighted by molar-refractivity contribution is 0.0523. The normalized spacial score (nSPS) is 12.1. The molecule has 0 aliphatic heterocycles. The summed E-state index contributed by atoms with van der Waals surface area (Å²) in [6.07, 6.45) is 1.62. The number of ether oxygens (including phenoxy) is 1. The van der Waals surface area contributed by atoms with Crippen molar-refractivity contribution in [1.29, 1.82) is 0 Å². The van der Waals surface area contributed by atoms with Crippen LogP contribution in [0, 0.1) is 0 Å². The lowest BCUT2D eigenvalue weighted by Gasteiger charge is -2.18. The van der Waals surface area contributed by atoms with Crippen LogP contribution < -0.4 is 11.0 Å². The molecule has 3 aromatic heterocycles. The Hall–Kier alpha value is -4.59. The molecule has 0 spiro atoms. The number of esters is 1. The van der Waals surface area contributed by atoms with E-state index in [-0.39, 0.29) is 34.6 Å². The monoisotopic (exact) mass is 480 g/mol. The Morgan fingerprint density at radius 1 is 0.972 bits per heavy atom. The zero-order valence-electron chi connectivity index (χ0n) is 20.1. The van der Waals surface area contributed by atoms with Crippen LogP contribution >= 0.6 is 0 Å². The summed E-state index contributed by atoms with van der Waals surface area (Å²) in [7, 11) is 0. The lowest BCUT2D eigenvalue weighted by Crippen LogP contribution is -2.33. The van der Waals surface area contributed by atoms with Crippen LogP contribution in [0.4, 0.5) is 0 Å². The summed E-state index contributed by atoms with van der Waals surface area (Å²) < 4.78 is 8.35. The van der Waals surface area contributed by atoms with Crippen LogP contribution in [0.5, 0.6) is 0 Å². The van der Waals surface area contributed by atoms with Gasteiger partial charge in [-0.25, -0.2) is 9.78 Å². The van der Waals surface area contributed by atoms with Gasteiger partial charge in [0.25, 0.3) is 11.5 Å². The number of aromatic nitrogens is 3. The molecule has 0 radical (unpaired) electrons. The van der Waals surface area contributed by atoms with Crippen LogP contribution in [-0.4, -0.2) is 32.4 Å². The van der Waals surface area contributed by atoms with Gasteiger partial charge in [-0.1, -0.05) is 42.5 Å². The first kappa shape index (κ1) is 23.2. The average Bonchev–Trinajstić information content (AvgIpc) is 2.88. The zero-order valence-corrected chi connectivity index (χ0v) is 20.1. The number of carbonyl (C=O) groups is 2. The second kappa shape index (κ2) is 9.22. The minimum Gasteiger partial charge on any atom is -0.462 e. The van der Waals surface area contributed by atoms with Crippen molar-refractivity contribution in [3.63, 3.8) is 0 Å². The van der Waals surface area contributed by atoms with Crippen molar-refractivity contribution < 1.29 is 14.3 Å². The first-order valence-corrected chi connectivity index (χ1v) is 11.7. The van der Waals surface area contributed by atoms with Crippen molar-refractivity contribution >= 4 is 39.3 Å². The van der Waals surface area contributed by atoms with E-state index in [9.17, 15) is 14.4 Å². The maximum absolute atomic E-state index is 13.5. The van der Waals surface area contributed by atoms with Crippen molar-refractivity contribution in [3.05, 3.63) is 99.9 Å².